The van der Waals surface area contributed by atoms with Gasteiger partial charge >= 0.3 is 0 Å². The van der Waals surface area contributed by atoms with E-state index in [-0.39, 0.29) is 23.9 Å². The predicted octanol–water partition coefficient (Wildman–Crippen LogP) is -0.732. The van der Waals surface area contributed by atoms with E-state index in [4.69, 9.17) is 0 Å². The monoisotopic (exact) mass is 285 g/mol. The number of likely N-dealkylation sites (tertiary alicyclic amines) is 1. The second kappa shape index (κ2) is 4.92. The van der Waals surface area contributed by atoms with Gasteiger partial charge < -0.3 is 15.1 Å². The van der Waals surface area contributed by atoms with Crippen LogP contribution in [-0.2, 0) is 9.84 Å². The number of benzene rings is 1. The zero-order chi connectivity index (χ0) is 14.2. The third-order valence-electron chi connectivity index (χ3n) is 3.08. The molecule has 7 heteroatoms. The van der Waals surface area contributed by atoms with Crippen molar-refractivity contribution < 1.29 is 23.4 Å². The Labute approximate surface area is 111 Å². The van der Waals surface area contributed by atoms with E-state index in [2.05, 4.69) is 0 Å². The van der Waals surface area contributed by atoms with Gasteiger partial charge in [-0.2, -0.15) is 0 Å². The summed E-state index contributed by atoms with van der Waals surface area (Å²) in [7, 11) is -3.29. The van der Waals surface area contributed by atoms with E-state index < -0.39 is 22.0 Å². The normalized spacial score (nSPS) is 23.6. The Morgan fingerprint density at radius 1 is 1.16 bits per heavy atom. The quantitative estimate of drug-likeness (QED) is 0.747. The maximum Gasteiger partial charge on any atom is 0.254 e. The van der Waals surface area contributed by atoms with Crippen LogP contribution in [-0.4, -0.2) is 61.0 Å². The van der Waals surface area contributed by atoms with E-state index in [1.165, 1.54) is 29.2 Å². The minimum absolute atomic E-state index is 0.0772. The number of aliphatic hydroxyl groups is 2. The fraction of sp³-hybridized carbons (Fsp3) is 0.417. The molecule has 1 amide bonds. The topological polar surface area (TPSA) is 94.9 Å². The smallest absolute Gasteiger partial charge is 0.254 e. The molecule has 1 heterocycles. The lowest BCUT2D eigenvalue weighted by Gasteiger charge is -2.15. The minimum atomic E-state index is -3.29. The molecule has 6 nitrogen and oxygen atoms in total. The molecule has 2 rings (SSSR count). The number of hydrogen-bond acceptors (Lipinski definition) is 5. The molecule has 1 saturated heterocycles. The lowest BCUT2D eigenvalue weighted by molar-refractivity contribution is 0.0572. The Morgan fingerprint density at radius 3 is 2.05 bits per heavy atom. The van der Waals surface area contributed by atoms with E-state index in [1.54, 1.807) is 0 Å². The van der Waals surface area contributed by atoms with E-state index in [1.807, 2.05) is 0 Å². The molecule has 0 aromatic heterocycles. The Kier molecular flexibility index (Phi) is 3.62. The Morgan fingerprint density at radius 2 is 1.63 bits per heavy atom. The first kappa shape index (κ1) is 14.0. The third kappa shape index (κ3) is 2.94. The second-order valence-electron chi connectivity index (χ2n) is 4.64. The predicted molar refractivity (Wildman–Crippen MR) is 67.5 cm³/mol. The number of rotatable bonds is 2. The maximum absolute atomic E-state index is 12.1. The number of sulfone groups is 1. The van der Waals surface area contributed by atoms with Crippen LogP contribution < -0.4 is 0 Å². The van der Waals surface area contributed by atoms with Crippen LogP contribution in [0.3, 0.4) is 0 Å². The van der Waals surface area contributed by atoms with Crippen molar-refractivity contribution in [3.8, 4) is 0 Å². The molecule has 1 aliphatic heterocycles. The van der Waals surface area contributed by atoms with Gasteiger partial charge in [0, 0.05) is 24.9 Å². The van der Waals surface area contributed by atoms with Gasteiger partial charge in [0.2, 0.25) is 0 Å². The molecule has 0 spiro atoms. The van der Waals surface area contributed by atoms with E-state index >= 15 is 0 Å². The molecule has 2 N–H and O–H groups in total. The van der Waals surface area contributed by atoms with Crippen molar-refractivity contribution >= 4 is 15.7 Å². The average molecular weight is 285 g/mol. The lowest BCUT2D eigenvalue weighted by atomic mass is 10.2. The molecular weight excluding hydrogens is 270 g/mol. The molecule has 1 aromatic carbocycles. The molecule has 2 atom stereocenters. The first-order chi connectivity index (χ1) is 8.79. The summed E-state index contributed by atoms with van der Waals surface area (Å²) in [5, 5.41) is 18.8. The van der Waals surface area contributed by atoms with Gasteiger partial charge in [0.15, 0.2) is 9.84 Å². The van der Waals surface area contributed by atoms with Crippen molar-refractivity contribution in [3.05, 3.63) is 29.8 Å². The van der Waals surface area contributed by atoms with Crippen LogP contribution in [0.1, 0.15) is 10.4 Å². The van der Waals surface area contributed by atoms with Gasteiger partial charge in [-0.1, -0.05) is 0 Å². The van der Waals surface area contributed by atoms with Gasteiger partial charge in [0.25, 0.3) is 5.91 Å². The van der Waals surface area contributed by atoms with Crippen LogP contribution in [0.4, 0.5) is 0 Å². The lowest BCUT2D eigenvalue weighted by Crippen LogP contribution is -2.29. The van der Waals surface area contributed by atoms with Crippen molar-refractivity contribution in [2.24, 2.45) is 0 Å². The van der Waals surface area contributed by atoms with Gasteiger partial charge in [-0.3, -0.25) is 4.79 Å². The van der Waals surface area contributed by atoms with Crippen LogP contribution in [0.25, 0.3) is 0 Å². The number of β-amino-alcohol motifs (C(OH)–C–C–N with tert-alkyl or cyclic N) is 2. The molecule has 19 heavy (non-hydrogen) atoms. The Bertz CT molecular complexity index is 571. The third-order valence-corrected chi connectivity index (χ3v) is 4.20. The van der Waals surface area contributed by atoms with Gasteiger partial charge in [-0.25, -0.2) is 8.42 Å². The summed E-state index contributed by atoms with van der Waals surface area (Å²) in [5.41, 5.74) is 0.328. The van der Waals surface area contributed by atoms with Crippen LogP contribution in [0.5, 0.6) is 0 Å². The molecule has 1 aromatic rings. The minimum Gasteiger partial charge on any atom is -0.388 e. The van der Waals surface area contributed by atoms with Gasteiger partial charge in [0.05, 0.1) is 17.1 Å². The summed E-state index contributed by atoms with van der Waals surface area (Å²) in [6.07, 6.45) is -0.768. The fourth-order valence-corrected chi connectivity index (χ4v) is 2.59. The van der Waals surface area contributed by atoms with Gasteiger partial charge in [-0.05, 0) is 24.3 Å². The summed E-state index contributed by atoms with van der Waals surface area (Å²) in [4.78, 5) is 13.5. The van der Waals surface area contributed by atoms with Gasteiger partial charge in [-0.15, -0.1) is 0 Å². The zero-order valence-electron chi connectivity index (χ0n) is 10.4. The number of nitrogens with zero attached hydrogens (tertiary/aromatic N) is 1. The van der Waals surface area contributed by atoms with Crippen molar-refractivity contribution in [1.82, 2.24) is 4.90 Å². The van der Waals surface area contributed by atoms with E-state index in [9.17, 15) is 23.4 Å². The summed E-state index contributed by atoms with van der Waals surface area (Å²) in [6.45, 7) is 0.154. The first-order valence-electron chi connectivity index (χ1n) is 5.74. The summed E-state index contributed by atoms with van der Waals surface area (Å²) in [5.74, 6) is -0.337. The molecule has 1 aliphatic rings. The standard InChI is InChI=1S/C12H15NO5S/c1-19(17,18)9-4-2-8(3-5-9)12(16)13-6-10(14)11(15)7-13/h2-5,10-11,14-15H,6-7H2,1H3. The van der Waals surface area contributed by atoms with E-state index in [0.29, 0.717) is 5.56 Å². The maximum atomic E-state index is 12.1. The van der Waals surface area contributed by atoms with Crippen LogP contribution in [0.2, 0.25) is 0 Å². The summed E-state index contributed by atoms with van der Waals surface area (Å²) < 4.78 is 22.6. The fourth-order valence-electron chi connectivity index (χ4n) is 1.96. The SMILES string of the molecule is CS(=O)(=O)c1ccc(C(=O)N2CC(O)C(O)C2)cc1. The number of carbonyl (C=O) groups excluding carboxylic acids is 1. The van der Waals surface area contributed by atoms with Crippen molar-refractivity contribution in [1.29, 1.82) is 0 Å². The number of aliphatic hydroxyl groups excluding tert-OH is 2. The molecule has 104 valence electrons. The van der Waals surface area contributed by atoms with Gasteiger partial charge in [0.1, 0.15) is 0 Å². The highest BCUT2D eigenvalue weighted by molar-refractivity contribution is 7.90. The number of amides is 1. The van der Waals surface area contributed by atoms with Crippen LogP contribution in [0.15, 0.2) is 29.2 Å². The Balaban J connectivity index is 2.17. The number of carbonyl (C=O) groups is 1. The summed E-state index contributed by atoms with van der Waals surface area (Å²) >= 11 is 0. The highest BCUT2D eigenvalue weighted by Gasteiger charge is 2.32. The molecule has 0 radical (unpaired) electrons. The zero-order valence-corrected chi connectivity index (χ0v) is 11.2. The highest BCUT2D eigenvalue weighted by atomic mass is 32.2. The van der Waals surface area contributed by atoms with Crippen LogP contribution in [0, 0.1) is 0 Å². The van der Waals surface area contributed by atoms with Crippen molar-refractivity contribution in [2.45, 2.75) is 17.1 Å². The van der Waals surface area contributed by atoms with Crippen molar-refractivity contribution in [3.63, 3.8) is 0 Å². The number of hydrogen-bond donors (Lipinski definition) is 2. The van der Waals surface area contributed by atoms with Crippen molar-refractivity contribution in [2.75, 3.05) is 19.3 Å². The molecular formula is C12H15NO5S. The van der Waals surface area contributed by atoms with E-state index in [0.717, 1.165) is 6.26 Å². The molecule has 0 aliphatic carbocycles. The first-order valence-corrected chi connectivity index (χ1v) is 7.63. The second-order valence-corrected chi connectivity index (χ2v) is 6.66. The Hall–Kier alpha value is -1.44. The molecule has 2 unspecified atom stereocenters. The van der Waals surface area contributed by atoms with Crippen LogP contribution >= 0.6 is 0 Å². The molecule has 0 saturated carbocycles. The summed E-state index contributed by atoms with van der Waals surface area (Å²) in [6, 6.07) is 5.59. The average Bonchev–Trinajstić information content (AvgIpc) is 2.68. The molecule has 1 fully saturated rings. The highest BCUT2D eigenvalue weighted by Crippen LogP contribution is 2.16. The molecule has 0 bridgehead atoms. The largest absolute Gasteiger partial charge is 0.388 e.